The van der Waals surface area contributed by atoms with Crippen LogP contribution in [0.1, 0.15) is 19.4 Å². The van der Waals surface area contributed by atoms with Crippen molar-refractivity contribution in [1.82, 2.24) is 9.97 Å². The summed E-state index contributed by atoms with van der Waals surface area (Å²) in [5, 5.41) is 13.1. The Labute approximate surface area is 156 Å². The van der Waals surface area contributed by atoms with E-state index >= 15 is 0 Å². The average molecular weight is 363 g/mol. The molecule has 0 spiro atoms. The minimum atomic E-state index is -0.497. The molecular weight excluding hydrogens is 342 g/mol. The third kappa shape index (κ3) is 3.08. The molecule has 0 saturated carbocycles. The molecule has 4 rings (SSSR count). The topological polar surface area (TPSA) is 86.4 Å². The highest BCUT2D eigenvalue weighted by Crippen LogP contribution is 2.27. The molecule has 0 radical (unpaired) electrons. The minimum absolute atomic E-state index is 0.0958. The Hall–Kier alpha value is -3.12. The van der Waals surface area contributed by atoms with Crippen molar-refractivity contribution in [3.05, 3.63) is 58.4 Å². The molecule has 27 heavy (non-hydrogen) atoms. The van der Waals surface area contributed by atoms with Gasteiger partial charge in [-0.1, -0.05) is 30.0 Å². The fraction of sp³-hybridized carbons (Fsp3) is 0.238. The van der Waals surface area contributed by atoms with E-state index in [2.05, 4.69) is 23.8 Å². The Morgan fingerprint density at radius 2 is 1.93 bits per heavy atom. The summed E-state index contributed by atoms with van der Waals surface area (Å²) in [4.78, 5) is 21.6. The van der Waals surface area contributed by atoms with E-state index in [-0.39, 0.29) is 5.75 Å². The minimum Gasteiger partial charge on any atom is -0.872 e. The molecule has 2 heterocycles. The van der Waals surface area contributed by atoms with Gasteiger partial charge >= 0.3 is 5.63 Å². The number of hydrogen-bond donors (Lipinski definition) is 2. The van der Waals surface area contributed by atoms with Crippen LogP contribution in [-0.4, -0.2) is 23.1 Å². The second kappa shape index (κ2) is 6.89. The van der Waals surface area contributed by atoms with Crippen molar-refractivity contribution >= 4 is 22.0 Å². The van der Waals surface area contributed by atoms with Crippen LogP contribution in [0.25, 0.3) is 33.4 Å². The third-order valence-corrected chi connectivity index (χ3v) is 5.03. The molecule has 138 valence electrons. The standard InChI is InChI=1S/C21H21N3O3/c1-3-24(4-2)12-15-18(25)10-9-13-11-14(21(26)27-19(13)15)20-22-16-7-5-6-8-17(16)23-20/h5-11,25H,3-4,12H2,1-2H3,(H,22,23). The molecular formula is C21H21N3O3. The van der Waals surface area contributed by atoms with Gasteiger partial charge in [-0.2, -0.15) is 0 Å². The van der Waals surface area contributed by atoms with E-state index in [9.17, 15) is 9.90 Å². The molecule has 4 aromatic rings. The van der Waals surface area contributed by atoms with Crippen LogP contribution in [0.5, 0.6) is 5.75 Å². The van der Waals surface area contributed by atoms with Crippen LogP contribution in [0, 0.1) is 0 Å². The second-order valence-electron chi connectivity index (χ2n) is 6.64. The maximum Gasteiger partial charge on any atom is 0.347 e. The molecule has 2 aromatic carbocycles. The largest absolute Gasteiger partial charge is 0.872 e. The summed E-state index contributed by atoms with van der Waals surface area (Å²) < 4.78 is 5.62. The van der Waals surface area contributed by atoms with Crippen molar-refractivity contribution in [1.29, 1.82) is 0 Å². The Morgan fingerprint density at radius 3 is 2.67 bits per heavy atom. The Bertz CT molecular complexity index is 1140. The molecule has 0 aliphatic carbocycles. The fourth-order valence-electron chi connectivity index (χ4n) is 3.39. The van der Waals surface area contributed by atoms with Gasteiger partial charge < -0.3 is 19.4 Å². The quantitative estimate of drug-likeness (QED) is 0.530. The zero-order valence-electron chi connectivity index (χ0n) is 15.3. The number of nitrogens with zero attached hydrogens (tertiary/aromatic N) is 1. The molecule has 0 aliphatic heterocycles. The van der Waals surface area contributed by atoms with Crippen LogP contribution in [0.15, 0.2) is 51.7 Å². The van der Waals surface area contributed by atoms with E-state index in [4.69, 9.17) is 4.42 Å². The van der Waals surface area contributed by atoms with Crippen molar-refractivity contribution < 1.29 is 14.4 Å². The Balaban J connectivity index is 1.87. The van der Waals surface area contributed by atoms with Crippen molar-refractivity contribution in [3.63, 3.8) is 0 Å². The molecule has 0 aliphatic rings. The molecule has 0 fully saturated rings. The van der Waals surface area contributed by atoms with Crippen LogP contribution >= 0.6 is 0 Å². The summed E-state index contributed by atoms with van der Waals surface area (Å²) in [5.74, 6) is 0.371. The van der Waals surface area contributed by atoms with Crippen LogP contribution in [-0.2, 0) is 6.54 Å². The lowest BCUT2D eigenvalue weighted by Gasteiger charge is -2.20. The predicted octanol–water partition coefficient (Wildman–Crippen LogP) is 1.83. The number of imidazole rings is 1. The van der Waals surface area contributed by atoms with Crippen molar-refractivity contribution in [3.8, 4) is 17.1 Å². The molecule has 2 N–H and O–H groups in total. The van der Waals surface area contributed by atoms with Gasteiger partial charge in [0, 0.05) is 10.9 Å². The number of hydrogen-bond acceptors (Lipinski definition) is 4. The van der Waals surface area contributed by atoms with Gasteiger partial charge in [-0.3, -0.25) is 0 Å². The first-order chi connectivity index (χ1) is 13.1. The number of nitrogens with one attached hydrogen (secondary N) is 2. The zero-order valence-corrected chi connectivity index (χ0v) is 15.3. The highest BCUT2D eigenvalue weighted by Gasteiger charge is 2.16. The summed E-state index contributed by atoms with van der Waals surface area (Å²) in [6, 6.07) is 12.6. The lowest BCUT2D eigenvalue weighted by Crippen LogP contribution is -3.10. The number of benzene rings is 2. The summed E-state index contributed by atoms with van der Waals surface area (Å²) in [6.07, 6.45) is 0. The summed E-state index contributed by atoms with van der Waals surface area (Å²) >= 11 is 0. The average Bonchev–Trinajstić information content (AvgIpc) is 3.11. The van der Waals surface area contributed by atoms with Gasteiger partial charge in [0.15, 0.2) is 0 Å². The molecule has 0 unspecified atom stereocenters. The summed E-state index contributed by atoms with van der Waals surface area (Å²) in [5.41, 5.74) is 2.44. The number of H-pyrrole nitrogens is 1. The fourth-order valence-corrected chi connectivity index (χ4v) is 3.39. The maximum absolute atomic E-state index is 12.7. The van der Waals surface area contributed by atoms with E-state index < -0.39 is 5.63 Å². The van der Waals surface area contributed by atoms with Crippen molar-refractivity contribution in [2.75, 3.05) is 13.1 Å². The number of aromatic nitrogens is 2. The van der Waals surface area contributed by atoms with Crippen LogP contribution in [0.4, 0.5) is 0 Å². The molecule has 0 amide bonds. The van der Waals surface area contributed by atoms with E-state index in [1.165, 1.54) is 4.90 Å². The molecule has 2 aromatic heterocycles. The number of rotatable bonds is 5. The smallest absolute Gasteiger partial charge is 0.347 e. The van der Waals surface area contributed by atoms with E-state index in [0.717, 1.165) is 29.5 Å². The van der Waals surface area contributed by atoms with Gasteiger partial charge in [0.25, 0.3) is 0 Å². The predicted molar refractivity (Wildman–Crippen MR) is 103 cm³/mol. The number of aromatic amines is 1. The molecule has 6 nitrogen and oxygen atoms in total. The highest BCUT2D eigenvalue weighted by molar-refractivity contribution is 5.86. The van der Waals surface area contributed by atoms with Gasteiger partial charge in [-0.25, -0.2) is 9.78 Å². The van der Waals surface area contributed by atoms with Crippen LogP contribution in [0.2, 0.25) is 0 Å². The summed E-state index contributed by atoms with van der Waals surface area (Å²) in [6.45, 7) is 6.48. The molecule has 0 saturated heterocycles. The first kappa shape index (κ1) is 17.3. The molecule has 0 bridgehead atoms. The van der Waals surface area contributed by atoms with Gasteiger partial charge in [-0.15, -0.1) is 0 Å². The molecule has 0 atom stereocenters. The first-order valence-electron chi connectivity index (χ1n) is 9.16. The number of quaternary nitrogens is 1. The van der Waals surface area contributed by atoms with Gasteiger partial charge in [0.1, 0.15) is 23.5 Å². The first-order valence-corrected chi connectivity index (χ1v) is 9.16. The lowest BCUT2D eigenvalue weighted by atomic mass is 10.1. The number of fused-ring (bicyclic) bond motifs is 2. The van der Waals surface area contributed by atoms with Crippen LogP contribution < -0.4 is 15.6 Å². The zero-order chi connectivity index (χ0) is 19.0. The third-order valence-electron chi connectivity index (χ3n) is 5.03. The van der Waals surface area contributed by atoms with Crippen molar-refractivity contribution in [2.24, 2.45) is 0 Å². The summed E-state index contributed by atoms with van der Waals surface area (Å²) in [7, 11) is 0. The van der Waals surface area contributed by atoms with E-state index in [1.54, 1.807) is 18.2 Å². The van der Waals surface area contributed by atoms with E-state index in [0.29, 0.717) is 29.1 Å². The van der Waals surface area contributed by atoms with Gasteiger partial charge in [-0.05, 0) is 32.0 Å². The lowest BCUT2D eigenvalue weighted by molar-refractivity contribution is -0.910. The second-order valence-corrected chi connectivity index (χ2v) is 6.64. The Kier molecular flexibility index (Phi) is 4.41. The SMILES string of the molecule is CC[NH+](CC)Cc1c([O-])ccc2cc(-c3nc4ccccc4[nH]3)c(=O)oc12. The maximum atomic E-state index is 12.7. The monoisotopic (exact) mass is 363 g/mol. The van der Waals surface area contributed by atoms with Crippen molar-refractivity contribution in [2.45, 2.75) is 20.4 Å². The molecule has 6 heteroatoms. The number of para-hydroxylation sites is 2. The normalized spacial score (nSPS) is 11.7. The Morgan fingerprint density at radius 1 is 1.15 bits per heavy atom. The van der Waals surface area contributed by atoms with Crippen LogP contribution in [0.3, 0.4) is 0 Å². The van der Waals surface area contributed by atoms with Gasteiger partial charge in [0.2, 0.25) is 0 Å². The van der Waals surface area contributed by atoms with E-state index in [1.807, 2.05) is 24.3 Å². The highest BCUT2D eigenvalue weighted by atomic mass is 16.4. The van der Waals surface area contributed by atoms with Gasteiger partial charge in [0.05, 0.1) is 24.1 Å².